The Balaban J connectivity index is 1.52. The van der Waals surface area contributed by atoms with Crippen LogP contribution < -0.4 is 5.32 Å². The van der Waals surface area contributed by atoms with Crippen molar-refractivity contribution in [3.63, 3.8) is 0 Å². The zero-order valence-corrected chi connectivity index (χ0v) is 18.2. The minimum absolute atomic E-state index is 0.106. The second kappa shape index (κ2) is 8.79. The van der Waals surface area contributed by atoms with Gasteiger partial charge in [-0.3, -0.25) is 14.9 Å². The first-order valence-corrected chi connectivity index (χ1v) is 11.1. The molecular weight excluding hydrogens is 393 g/mol. The van der Waals surface area contributed by atoms with Crippen LogP contribution in [-0.4, -0.2) is 52.5 Å². The fourth-order valence-electron chi connectivity index (χ4n) is 4.91. The smallest absolute Gasteiger partial charge is 0.256 e. The summed E-state index contributed by atoms with van der Waals surface area (Å²) in [5, 5.41) is 3.64. The Hall–Kier alpha value is -2.73. The second-order valence-electron chi connectivity index (χ2n) is 8.66. The van der Waals surface area contributed by atoms with Crippen LogP contribution in [0.2, 0.25) is 0 Å². The van der Waals surface area contributed by atoms with Gasteiger partial charge in [-0.15, -0.1) is 0 Å². The van der Waals surface area contributed by atoms with E-state index >= 15 is 0 Å². The quantitative estimate of drug-likeness (QED) is 0.800. The van der Waals surface area contributed by atoms with E-state index in [1.54, 1.807) is 17.0 Å². The van der Waals surface area contributed by atoms with Crippen LogP contribution in [0, 0.1) is 5.82 Å². The van der Waals surface area contributed by atoms with Gasteiger partial charge in [0.1, 0.15) is 5.82 Å². The average Bonchev–Trinajstić information content (AvgIpc) is 3.05. The Labute approximate surface area is 183 Å². The molecule has 0 unspecified atom stereocenters. The van der Waals surface area contributed by atoms with Crippen molar-refractivity contribution >= 4 is 11.8 Å². The number of benzene rings is 2. The third kappa shape index (κ3) is 4.09. The largest absolute Gasteiger partial charge is 0.338 e. The number of halogens is 1. The van der Waals surface area contributed by atoms with Crippen molar-refractivity contribution in [2.75, 3.05) is 13.1 Å². The summed E-state index contributed by atoms with van der Waals surface area (Å²) in [6.07, 6.45) is 2.78. The van der Waals surface area contributed by atoms with Crippen molar-refractivity contribution in [1.29, 1.82) is 0 Å². The van der Waals surface area contributed by atoms with Crippen molar-refractivity contribution in [2.24, 2.45) is 0 Å². The second-order valence-corrected chi connectivity index (χ2v) is 8.66. The maximum Gasteiger partial charge on any atom is 0.256 e. The fourth-order valence-corrected chi connectivity index (χ4v) is 4.91. The molecule has 0 aromatic heterocycles. The topological polar surface area (TPSA) is 52.7 Å². The van der Waals surface area contributed by atoms with Gasteiger partial charge in [0.05, 0.1) is 17.3 Å². The molecule has 0 bridgehead atoms. The first kappa shape index (κ1) is 21.5. The van der Waals surface area contributed by atoms with Crippen LogP contribution in [0.5, 0.6) is 0 Å². The summed E-state index contributed by atoms with van der Waals surface area (Å²) in [4.78, 5) is 30.0. The summed E-state index contributed by atoms with van der Waals surface area (Å²) in [6.45, 7) is 5.15. The molecule has 2 aromatic rings. The van der Waals surface area contributed by atoms with Gasteiger partial charge in [0, 0.05) is 32.0 Å². The highest BCUT2D eigenvalue weighted by atomic mass is 19.1. The molecule has 2 amide bonds. The van der Waals surface area contributed by atoms with Gasteiger partial charge < -0.3 is 9.80 Å². The minimum atomic E-state index is -0.494. The highest BCUT2D eigenvalue weighted by molar-refractivity contribution is 5.94. The van der Waals surface area contributed by atoms with Crippen molar-refractivity contribution in [2.45, 2.75) is 57.3 Å². The molecule has 2 aliphatic heterocycles. The van der Waals surface area contributed by atoms with Gasteiger partial charge in [-0.05, 0) is 37.5 Å². The van der Waals surface area contributed by atoms with Crippen molar-refractivity contribution in [1.82, 2.24) is 15.1 Å². The molecule has 2 heterocycles. The molecule has 6 heteroatoms. The van der Waals surface area contributed by atoms with Gasteiger partial charge in [0.15, 0.2) is 0 Å². The van der Waals surface area contributed by atoms with Gasteiger partial charge in [0.25, 0.3) is 5.91 Å². The average molecular weight is 424 g/mol. The lowest BCUT2D eigenvalue weighted by molar-refractivity contribution is -0.136. The monoisotopic (exact) mass is 423 g/mol. The molecule has 0 radical (unpaired) electrons. The normalized spacial score (nSPS) is 21.5. The summed E-state index contributed by atoms with van der Waals surface area (Å²) in [5.74, 6) is -0.647. The van der Waals surface area contributed by atoms with E-state index in [-0.39, 0.29) is 29.5 Å². The third-order valence-corrected chi connectivity index (χ3v) is 6.74. The van der Waals surface area contributed by atoms with E-state index in [2.05, 4.69) is 19.2 Å². The van der Waals surface area contributed by atoms with E-state index < -0.39 is 11.5 Å². The molecule has 31 heavy (non-hydrogen) atoms. The Morgan fingerprint density at radius 2 is 1.77 bits per heavy atom. The highest BCUT2D eigenvalue weighted by Crippen LogP contribution is 2.36. The van der Waals surface area contributed by atoms with E-state index in [9.17, 15) is 14.0 Å². The van der Waals surface area contributed by atoms with Gasteiger partial charge in [-0.1, -0.05) is 49.4 Å². The molecule has 1 spiro atoms. The summed E-state index contributed by atoms with van der Waals surface area (Å²) in [6, 6.07) is 16.0. The van der Waals surface area contributed by atoms with Crippen molar-refractivity contribution in [3.8, 4) is 0 Å². The number of amides is 2. The Bertz CT molecular complexity index is 941. The predicted octanol–water partition coefficient (Wildman–Crippen LogP) is 3.60. The molecule has 5 nitrogen and oxygen atoms in total. The maximum atomic E-state index is 14.1. The maximum absolute atomic E-state index is 14.1. The standard InChI is InChI=1S/C25H30FN3O2/c1-3-18(2)29-24(31)22(17-19-9-5-4-6-10-19)27-25(29)13-15-28(16-14-25)23(30)20-11-7-8-12-21(20)26/h4-12,18,22,27H,3,13-17H2,1-2H3/t18-,22+/m1/s1. The van der Waals surface area contributed by atoms with Crippen LogP contribution in [-0.2, 0) is 11.2 Å². The summed E-state index contributed by atoms with van der Waals surface area (Å²) in [5.41, 5.74) is 0.772. The van der Waals surface area contributed by atoms with E-state index in [4.69, 9.17) is 0 Å². The molecule has 4 rings (SSSR count). The zero-order chi connectivity index (χ0) is 22.0. The van der Waals surface area contributed by atoms with E-state index in [0.717, 1.165) is 12.0 Å². The lowest BCUT2D eigenvalue weighted by atomic mass is 9.93. The summed E-state index contributed by atoms with van der Waals surface area (Å²) in [7, 11) is 0. The molecule has 2 aliphatic rings. The number of hydrogen-bond donors (Lipinski definition) is 1. The van der Waals surface area contributed by atoms with Gasteiger partial charge in [-0.2, -0.15) is 0 Å². The number of rotatable bonds is 5. The number of carbonyl (C=O) groups excluding carboxylic acids is 2. The number of hydrogen-bond acceptors (Lipinski definition) is 3. The van der Waals surface area contributed by atoms with Crippen LogP contribution in [0.4, 0.5) is 4.39 Å². The minimum Gasteiger partial charge on any atom is -0.338 e. The molecule has 2 aromatic carbocycles. The number of likely N-dealkylation sites (tertiary alicyclic amines) is 1. The number of nitrogens with one attached hydrogen (secondary N) is 1. The summed E-state index contributed by atoms with van der Waals surface area (Å²) >= 11 is 0. The molecule has 2 saturated heterocycles. The van der Waals surface area contributed by atoms with Gasteiger partial charge in [-0.25, -0.2) is 4.39 Å². The van der Waals surface area contributed by atoms with E-state index in [0.29, 0.717) is 32.4 Å². The third-order valence-electron chi connectivity index (χ3n) is 6.74. The SMILES string of the molecule is CC[C@@H](C)N1C(=O)[C@H](Cc2ccccc2)NC12CCN(C(=O)c1ccccc1F)CC2. The van der Waals surface area contributed by atoms with E-state index in [1.807, 2.05) is 35.2 Å². The Morgan fingerprint density at radius 3 is 2.42 bits per heavy atom. The van der Waals surface area contributed by atoms with Gasteiger partial charge >= 0.3 is 0 Å². The summed E-state index contributed by atoms with van der Waals surface area (Å²) < 4.78 is 14.1. The molecule has 2 fully saturated rings. The molecule has 164 valence electrons. The van der Waals surface area contributed by atoms with Crippen LogP contribution in [0.3, 0.4) is 0 Å². The van der Waals surface area contributed by atoms with Crippen LogP contribution in [0.15, 0.2) is 54.6 Å². The highest BCUT2D eigenvalue weighted by Gasteiger charge is 2.53. The number of nitrogens with zero attached hydrogens (tertiary/aromatic N) is 2. The lowest BCUT2D eigenvalue weighted by Gasteiger charge is -2.46. The molecule has 1 N–H and O–H groups in total. The number of piperidine rings is 1. The van der Waals surface area contributed by atoms with Crippen molar-refractivity contribution in [3.05, 3.63) is 71.5 Å². The fraction of sp³-hybridized carbons (Fsp3) is 0.440. The van der Waals surface area contributed by atoms with E-state index in [1.165, 1.54) is 12.1 Å². The number of carbonyl (C=O) groups is 2. The van der Waals surface area contributed by atoms with Crippen LogP contribution >= 0.6 is 0 Å². The predicted molar refractivity (Wildman–Crippen MR) is 118 cm³/mol. The van der Waals surface area contributed by atoms with Crippen LogP contribution in [0.25, 0.3) is 0 Å². The zero-order valence-electron chi connectivity index (χ0n) is 18.2. The molecule has 0 saturated carbocycles. The molecule has 2 atom stereocenters. The van der Waals surface area contributed by atoms with Crippen molar-refractivity contribution < 1.29 is 14.0 Å². The Kier molecular flexibility index (Phi) is 6.10. The first-order valence-electron chi connectivity index (χ1n) is 11.1. The molecule has 0 aliphatic carbocycles. The lowest BCUT2D eigenvalue weighted by Crippen LogP contribution is -2.61. The van der Waals surface area contributed by atoms with Crippen LogP contribution in [0.1, 0.15) is 49.0 Å². The van der Waals surface area contributed by atoms with Gasteiger partial charge in [0.2, 0.25) is 5.91 Å². The molecular formula is C25H30FN3O2. The first-order chi connectivity index (χ1) is 14.9. The Morgan fingerprint density at radius 1 is 1.13 bits per heavy atom.